The van der Waals surface area contributed by atoms with Gasteiger partial charge >= 0.3 is 13.8 Å². The number of carbonyl (C=O) groups is 1. The topological polar surface area (TPSA) is 152 Å². The maximum Gasteiger partial charge on any atom is 0.472 e. The van der Waals surface area contributed by atoms with Crippen molar-refractivity contribution in [3.8, 4) is 0 Å². The molecule has 0 aromatic heterocycles. The molecule has 0 rings (SSSR count). The monoisotopic (exact) mass is 839 g/mol. The van der Waals surface area contributed by atoms with E-state index in [2.05, 4.69) is 19.1 Å². The lowest BCUT2D eigenvalue weighted by atomic mass is 10.1. The van der Waals surface area contributed by atoms with Crippen LogP contribution in [0.25, 0.3) is 0 Å². The molecule has 0 aliphatic rings. The molecule has 0 aliphatic carbocycles. The van der Waals surface area contributed by atoms with E-state index < -0.39 is 38.2 Å². The van der Waals surface area contributed by atoms with Gasteiger partial charge in [-0.1, -0.05) is 132 Å². The average Bonchev–Trinajstić information content (AvgIpc) is 3.17. The Kier molecular flexibility index (Phi) is 35.7. The van der Waals surface area contributed by atoms with Crippen LogP contribution in [-0.2, 0) is 27.9 Å². The second-order valence-corrected chi connectivity index (χ2v) is 17.1. The van der Waals surface area contributed by atoms with Crippen molar-refractivity contribution < 1.29 is 52.6 Å². The lowest BCUT2D eigenvalue weighted by Gasteiger charge is -2.24. The van der Waals surface area contributed by atoms with Gasteiger partial charge in [-0.2, -0.15) is 0 Å². The van der Waals surface area contributed by atoms with Crippen LogP contribution in [0.15, 0.2) is 85.3 Å². The number of esters is 1. The number of quaternary nitrogens is 1. The van der Waals surface area contributed by atoms with Crippen LogP contribution >= 0.6 is 7.82 Å². The molecule has 0 radical (unpaired) electrons. The number of aliphatic hydroxyl groups is 3. The normalized spacial score (nSPS) is 16.2. The number of ether oxygens (including phenoxy) is 2. The van der Waals surface area contributed by atoms with Crippen molar-refractivity contribution in [1.29, 1.82) is 0 Å². The predicted octanol–water partition coefficient (Wildman–Crippen LogP) is 9.75. The number of hydrogen-bond donors (Lipinski definition) is 4. The quantitative estimate of drug-likeness (QED) is 0.00900. The fourth-order valence-electron chi connectivity index (χ4n) is 5.28. The van der Waals surface area contributed by atoms with Crippen molar-refractivity contribution in [3.63, 3.8) is 0 Å². The Morgan fingerprint density at radius 2 is 1.28 bits per heavy atom. The molecule has 0 aromatic carbocycles. The highest BCUT2D eigenvalue weighted by Gasteiger charge is 2.26. The van der Waals surface area contributed by atoms with Gasteiger partial charge in [0, 0.05) is 6.42 Å². The second kappa shape index (κ2) is 37.4. The molecule has 0 amide bonds. The summed E-state index contributed by atoms with van der Waals surface area (Å²) < 4.78 is 34.5. The van der Waals surface area contributed by atoms with Crippen LogP contribution in [-0.4, -0.2) is 103 Å². The average molecular weight is 839 g/mol. The van der Waals surface area contributed by atoms with Crippen molar-refractivity contribution >= 4 is 13.8 Å². The second-order valence-electron chi connectivity index (χ2n) is 15.6. The Hall–Kier alpha value is -2.60. The zero-order chi connectivity index (χ0) is 43.2. The predicted molar refractivity (Wildman–Crippen MR) is 237 cm³/mol. The maximum absolute atomic E-state index is 12.5. The smallest absolute Gasteiger partial charge is 0.472 e. The van der Waals surface area contributed by atoms with Crippen LogP contribution in [0, 0.1) is 0 Å². The number of hydrogen-bond acceptors (Lipinski definition) is 9. The SMILES string of the molecule is CC/C=C\C[C@@H](O)/C=C/C=C/C=C\C=C/[C@H](O)[C@@H](O)CCCC(=O)OC[C@H](COP(=O)(O)OCC[N+](C)(C)C)O/C=C/CCCCCC/C=C\CCCCCCCC. The largest absolute Gasteiger partial charge is 0.492 e. The first-order valence-electron chi connectivity index (χ1n) is 21.7. The van der Waals surface area contributed by atoms with Gasteiger partial charge in [0.15, 0.2) is 6.10 Å². The van der Waals surface area contributed by atoms with Gasteiger partial charge < -0.3 is 34.2 Å². The summed E-state index contributed by atoms with van der Waals surface area (Å²) >= 11 is 0. The number of phosphoric ester groups is 1. The van der Waals surface area contributed by atoms with Crippen LogP contribution in [0.2, 0.25) is 0 Å². The van der Waals surface area contributed by atoms with Crippen molar-refractivity contribution in [2.24, 2.45) is 0 Å². The zero-order valence-corrected chi connectivity index (χ0v) is 37.5. The molecular formula is C46H81NO10P+. The summed E-state index contributed by atoms with van der Waals surface area (Å²) in [5.41, 5.74) is 0. The highest BCUT2D eigenvalue weighted by atomic mass is 31.2. The lowest BCUT2D eigenvalue weighted by Crippen LogP contribution is -2.37. The molecular weight excluding hydrogens is 757 g/mol. The molecule has 0 aliphatic heterocycles. The summed E-state index contributed by atoms with van der Waals surface area (Å²) in [6, 6.07) is 0. The summed E-state index contributed by atoms with van der Waals surface area (Å²) in [4.78, 5) is 22.7. The van der Waals surface area contributed by atoms with Crippen LogP contribution in [0.3, 0.4) is 0 Å². The van der Waals surface area contributed by atoms with E-state index in [0.717, 1.165) is 38.5 Å². The first-order valence-corrected chi connectivity index (χ1v) is 23.2. The van der Waals surface area contributed by atoms with Crippen LogP contribution in [0.4, 0.5) is 0 Å². The van der Waals surface area contributed by atoms with E-state index in [-0.39, 0.29) is 39.1 Å². The van der Waals surface area contributed by atoms with Crippen molar-refractivity contribution in [2.75, 3.05) is 47.5 Å². The van der Waals surface area contributed by atoms with E-state index in [1.54, 1.807) is 42.5 Å². The third kappa shape index (κ3) is 38.9. The Bertz CT molecular complexity index is 1250. The lowest BCUT2D eigenvalue weighted by molar-refractivity contribution is -0.870. The van der Waals surface area contributed by atoms with Gasteiger partial charge in [-0.3, -0.25) is 13.8 Å². The molecule has 334 valence electrons. The third-order valence-corrected chi connectivity index (χ3v) is 9.86. The molecule has 1 unspecified atom stereocenters. The molecule has 11 nitrogen and oxygen atoms in total. The molecule has 0 bridgehead atoms. The molecule has 0 fully saturated rings. The number of rotatable bonds is 38. The van der Waals surface area contributed by atoms with E-state index in [1.807, 2.05) is 46.3 Å². The Labute approximate surface area is 352 Å². The maximum atomic E-state index is 12.5. The van der Waals surface area contributed by atoms with E-state index in [0.29, 0.717) is 17.4 Å². The van der Waals surface area contributed by atoms with E-state index in [9.17, 15) is 29.6 Å². The summed E-state index contributed by atoms with van der Waals surface area (Å²) in [7, 11) is 1.46. The van der Waals surface area contributed by atoms with Gasteiger partial charge in [-0.05, 0) is 70.3 Å². The number of unbranched alkanes of at least 4 members (excludes halogenated alkanes) is 11. The van der Waals surface area contributed by atoms with Crippen molar-refractivity contribution in [1.82, 2.24) is 0 Å². The Morgan fingerprint density at radius 3 is 1.90 bits per heavy atom. The molecule has 0 saturated carbocycles. The molecule has 5 atom stereocenters. The highest BCUT2D eigenvalue weighted by Crippen LogP contribution is 2.43. The van der Waals surface area contributed by atoms with Gasteiger partial charge in [0.25, 0.3) is 0 Å². The van der Waals surface area contributed by atoms with Gasteiger partial charge in [0.05, 0.1) is 52.3 Å². The number of carbonyl (C=O) groups excluding carboxylic acids is 1. The van der Waals surface area contributed by atoms with Gasteiger partial charge in [-0.15, -0.1) is 0 Å². The van der Waals surface area contributed by atoms with Crippen LogP contribution in [0.5, 0.6) is 0 Å². The number of likely N-dealkylation sites (N-methyl/N-ethyl adjacent to an activating group) is 1. The standard InChI is InChI=1S/C46H80NO10P/c1-6-8-10-11-12-13-14-15-16-17-18-19-20-23-26-30-38-54-43(41-57-58(52,53)56-39-37-47(3,4)5)40-55-46(51)36-31-35-45(50)44(49)34-29-25-22-21-24-28-33-42(48)32-27-9-7-2/h9,15-16,21-22,24-25,27-30,33-34,38,42-45,48-50H,6-8,10-14,17-20,23,26,31-32,35-37,39-41H2,1-5H3/p+1/b16-15-,24-21+,25-22-,27-9-,33-28+,34-29-,38-30+/t42-,43-,44+,45+/m1/s1. The number of nitrogens with zero attached hydrogens (tertiary/aromatic N) is 1. The summed E-state index contributed by atoms with van der Waals surface area (Å²) in [6.45, 7) is 4.27. The van der Waals surface area contributed by atoms with Gasteiger partial charge in [0.2, 0.25) is 0 Å². The molecule has 12 heteroatoms. The molecule has 0 saturated heterocycles. The minimum Gasteiger partial charge on any atom is -0.492 e. The minimum atomic E-state index is -4.36. The molecule has 0 heterocycles. The summed E-state index contributed by atoms with van der Waals surface area (Å²) in [6.07, 6.45) is 39.5. The number of allylic oxidation sites excluding steroid dienone is 10. The van der Waals surface area contributed by atoms with Crippen LogP contribution in [0.1, 0.15) is 129 Å². The fourth-order valence-corrected chi connectivity index (χ4v) is 6.02. The van der Waals surface area contributed by atoms with E-state index in [4.69, 9.17) is 18.5 Å². The van der Waals surface area contributed by atoms with E-state index in [1.165, 1.54) is 63.7 Å². The number of phosphoric acid groups is 1. The van der Waals surface area contributed by atoms with Crippen molar-refractivity contribution in [3.05, 3.63) is 85.3 Å². The third-order valence-electron chi connectivity index (χ3n) is 8.87. The number of aliphatic hydroxyl groups excluding tert-OH is 3. The molecule has 0 spiro atoms. The first-order chi connectivity index (χ1) is 27.8. The fraction of sp³-hybridized carbons (Fsp3) is 0.674. The van der Waals surface area contributed by atoms with Crippen molar-refractivity contribution in [2.45, 2.75) is 154 Å². The Balaban J connectivity index is 4.66. The Morgan fingerprint density at radius 1 is 0.690 bits per heavy atom. The summed E-state index contributed by atoms with van der Waals surface area (Å²) in [5.74, 6) is -0.535. The van der Waals surface area contributed by atoms with Crippen LogP contribution < -0.4 is 0 Å². The molecule has 58 heavy (non-hydrogen) atoms. The minimum absolute atomic E-state index is 0.000286. The molecule has 0 aromatic rings. The molecule has 4 N–H and O–H groups in total. The van der Waals surface area contributed by atoms with E-state index >= 15 is 0 Å². The van der Waals surface area contributed by atoms with Gasteiger partial charge in [0.1, 0.15) is 19.8 Å². The van der Waals surface area contributed by atoms with Gasteiger partial charge in [-0.25, -0.2) is 4.57 Å². The highest BCUT2D eigenvalue weighted by molar-refractivity contribution is 7.47. The zero-order valence-electron chi connectivity index (χ0n) is 36.6. The summed E-state index contributed by atoms with van der Waals surface area (Å²) in [5, 5.41) is 30.5. The first kappa shape index (κ1) is 55.4.